The van der Waals surface area contributed by atoms with E-state index in [0.717, 1.165) is 31.3 Å². The van der Waals surface area contributed by atoms with Crippen molar-refractivity contribution in [1.29, 1.82) is 5.26 Å². The van der Waals surface area contributed by atoms with Crippen LogP contribution in [0.4, 0.5) is 0 Å². The van der Waals surface area contributed by atoms with Crippen molar-refractivity contribution in [2.45, 2.75) is 51.0 Å². The van der Waals surface area contributed by atoms with Crippen LogP contribution in [0, 0.1) is 17.2 Å². The standard InChI is InChI=1S/C18H27NO4/c1-5-6-7-8-14(11-17(20)22-3)15-9-10-18(13-19,23-4)12-16(15)21-2/h9-10,14H,5-8,11-12H2,1-4H3. The van der Waals surface area contributed by atoms with Crippen molar-refractivity contribution in [2.75, 3.05) is 21.3 Å². The molecule has 0 aromatic rings. The number of methoxy groups -OCH3 is 3. The van der Waals surface area contributed by atoms with Gasteiger partial charge in [0.05, 0.1) is 27.1 Å². The lowest BCUT2D eigenvalue weighted by atomic mass is 9.82. The van der Waals surface area contributed by atoms with Crippen LogP contribution in [-0.4, -0.2) is 32.9 Å². The first-order valence-electron chi connectivity index (χ1n) is 8.05. The summed E-state index contributed by atoms with van der Waals surface area (Å²) in [5, 5.41) is 9.36. The van der Waals surface area contributed by atoms with Gasteiger partial charge in [-0.1, -0.05) is 32.3 Å². The van der Waals surface area contributed by atoms with Crippen molar-refractivity contribution >= 4 is 5.97 Å². The average molecular weight is 321 g/mol. The molecule has 5 heteroatoms. The molecule has 1 aliphatic rings. The third kappa shape index (κ3) is 5.11. The molecule has 0 aliphatic heterocycles. The molecular formula is C18H27NO4. The average Bonchev–Trinajstić information content (AvgIpc) is 2.60. The van der Waals surface area contributed by atoms with Crippen LogP contribution in [0.1, 0.15) is 45.4 Å². The summed E-state index contributed by atoms with van der Waals surface area (Å²) in [7, 11) is 4.51. The number of esters is 1. The zero-order chi connectivity index (χ0) is 17.3. The second-order valence-electron chi connectivity index (χ2n) is 5.77. The van der Waals surface area contributed by atoms with Crippen molar-refractivity contribution in [3.8, 4) is 6.07 Å². The summed E-state index contributed by atoms with van der Waals surface area (Å²) in [6.07, 6.45) is 8.48. The molecule has 0 saturated carbocycles. The lowest BCUT2D eigenvalue weighted by Crippen LogP contribution is -2.31. The first-order valence-corrected chi connectivity index (χ1v) is 8.05. The highest BCUT2D eigenvalue weighted by molar-refractivity contribution is 5.70. The maximum Gasteiger partial charge on any atom is 0.306 e. The minimum Gasteiger partial charge on any atom is -0.501 e. The second kappa shape index (κ2) is 9.36. The lowest BCUT2D eigenvalue weighted by Gasteiger charge is -2.30. The van der Waals surface area contributed by atoms with E-state index in [1.165, 1.54) is 14.2 Å². The van der Waals surface area contributed by atoms with Crippen molar-refractivity contribution < 1.29 is 19.0 Å². The maximum absolute atomic E-state index is 11.7. The smallest absolute Gasteiger partial charge is 0.306 e. The second-order valence-corrected chi connectivity index (χ2v) is 5.77. The van der Waals surface area contributed by atoms with Gasteiger partial charge in [-0.2, -0.15) is 5.26 Å². The predicted molar refractivity (Wildman–Crippen MR) is 87.4 cm³/mol. The SMILES string of the molecule is CCCCCC(CC(=O)OC)C1=C(OC)CC(C#N)(OC)C=C1. The molecule has 0 radical (unpaired) electrons. The van der Waals surface area contributed by atoms with E-state index in [1.807, 2.05) is 6.08 Å². The molecule has 2 unspecified atom stereocenters. The minimum atomic E-state index is -0.992. The molecule has 0 N–H and O–H groups in total. The van der Waals surface area contributed by atoms with Gasteiger partial charge in [0.15, 0.2) is 5.60 Å². The zero-order valence-corrected chi connectivity index (χ0v) is 14.6. The highest BCUT2D eigenvalue weighted by Crippen LogP contribution is 2.36. The summed E-state index contributed by atoms with van der Waals surface area (Å²) in [5.74, 6) is 0.516. The van der Waals surface area contributed by atoms with Gasteiger partial charge in [-0.05, 0) is 24.0 Å². The number of allylic oxidation sites excluding steroid dienone is 2. The van der Waals surface area contributed by atoms with Crippen LogP contribution in [0.25, 0.3) is 0 Å². The summed E-state index contributed by atoms with van der Waals surface area (Å²) in [6.45, 7) is 2.15. The van der Waals surface area contributed by atoms with Gasteiger partial charge in [-0.25, -0.2) is 0 Å². The Morgan fingerprint density at radius 3 is 2.65 bits per heavy atom. The van der Waals surface area contributed by atoms with Crippen LogP contribution in [0.15, 0.2) is 23.5 Å². The van der Waals surface area contributed by atoms with Crippen LogP contribution in [-0.2, 0) is 19.0 Å². The molecule has 128 valence electrons. The number of hydrogen-bond donors (Lipinski definition) is 0. The van der Waals surface area contributed by atoms with E-state index in [-0.39, 0.29) is 11.9 Å². The monoisotopic (exact) mass is 321 g/mol. The summed E-state index contributed by atoms with van der Waals surface area (Å²) in [4.78, 5) is 11.7. The van der Waals surface area contributed by atoms with Crippen molar-refractivity contribution in [2.24, 2.45) is 5.92 Å². The first-order chi connectivity index (χ1) is 11.1. The third-order valence-corrected chi connectivity index (χ3v) is 4.31. The Labute approximate surface area is 138 Å². The molecule has 0 aromatic carbocycles. The largest absolute Gasteiger partial charge is 0.501 e. The van der Waals surface area contributed by atoms with Crippen LogP contribution < -0.4 is 0 Å². The maximum atomic E-state index is 11.7. The highest BCUT2D eigenvalue weighted by atomic mass is 16.5. The van der Waals surface area contributed by atoms with Gasteiger partial charge in [0, 0.05) is 7.11 Å². The Bertz CT molecular complexity index is 504. The number of hydrogen-bond acceptors (Lipinski definition) is 5. The van der Waals surface area contributed by atoms with E-state index in [1.54, 1.807) is 13.2 Å². The number of nitrogens with zero attached hydrogens (tertiary/aromatic N) is 1. The predicted octanol–water partition coefficient (Wildman–Crippen LogP) is 3.52. The van der Waals surface area contributed by atoms with E-state index in [4.69, 9.17) is 14.2 Å². The summed E-state index contributed by atoms with van der Waals surface area (Å²) in [6, 6.07) is 2.18. The first kappa shape index (κ1) is 19.2. The van der Waals surface area contributed by atoms with Gasteiger partial charge in [-0.15, -0.1) is 0 Å². The molecule has 2 atom stereocenters. The van der Waals surface area contributed by atoms with Crippen molar-refractivity contribution in [3.63, 3.8) is 0 Å². The molecule has 0 aromatic heterocycles. The molecule has 0 saturated heterocycles. The molecule has 0 bridgehead atoms. The quantitative estimate of drug-likeness (QED) is 0.480. The van der Waals surface area contributed by atoms with Gasteiger partial charge < -0.3 is 14.2 Å². The Hall–Kier alpha value is -1.80. The Kier molecular flexibility index (Phi) is 7.84. The Balaban J connectivity index is 3.02. The third-order valence-electron chi connectivity index (χ3n) is 4.31. The van der Waals surface area contributed by atoms with Gasteiger partial charge in [0.1, 0.15) is 11.8 Å². The normalized spacial score (nSPS) is 21.7. The molecular weight excluding hydrogens is 294 g/mol. The summed E-state index contributed by atoms with van der Waals surface area (Å²) >= 11 is 0. The van der Waals surface area contributed by atoms with Crippen LogP contribution in [0.5, 0.6) is 0 Å². The highest BCUT2D eigenvalue weighted by Gasteiger charge is 2.35. The fraction of sp³-hybridized carbons (Fsp3) is 0.667. The fourth-order valence-corrected chi connectivity index (χ4v) is 2.83. The molecule has 0 heterocycles. The molecule has 0 amide bonds. The fourth-order valence-electron chi connectivity index (χ4n) is 2.83. The van der Waals surface area contributed by atoms with Crippen molar-refractivity contribution in [3.05, 3.63) is 23.5 Å². The minimum absolute atomic E-state index is 0.0359. The van der Waals surface area contributed by atoms with Crippen molar-refractivity contribution in [1.82, 2.24) is 0 Å². The summed E-state index contributed by atoms with van der Waals surface area (Å²) < 4.78 is 15.7. The van der Waals surface area contributed by atoms with Gasteiger partial charge >= 0.3 is 5.97 Å². The topological polar surface area (TPSA) is 68.5 Å². The Morgan fingerprint density at radius 2 is 2.13 bits per heavy atom. The number of carbonyl (C=O) groups excluding carboxylic acids is 1. The molecule has 0 spiro atoms. The number of rotatable bonds is 9. The van der Waals surface area contributed by atoms with E-state index in [2.05, 4.69) is 13.0 Å². The molecule has 5 nitrogen and oxygen atoms in total. The number of carbonyl (C=O) groups is 1. The molecule has 0 fully saturated rings. The Morgan fingerprint density at radius 1 is 1.39 bits per heavy atom. The molecule has 1 aliphatic carbocycles. The van der Waals surface area contributed by atoms with E-state index in [0.29, 0.717) is 18.6 Å². The summed E-state index contributed by atoms with van der Waals surface area (Å²) in [5.41, 5.74) is -0.0226. The van der Waals surface area contributed by atoms with E-state index < -0.39 is 5.60 Å². The van der Waals surface area contributed by atoms with Gasteiger partial charge in [0.2, 0.25) is 0 Å². The number of ether oxygens (including phenoxy) is 3. The lowest BCUT2D eigenvalue weighted by molar-refractivity contribution is -0.141. The molecule has 23 heavy (non-hydrogen) atoms. The number of unbranched alkanes of at least 4 members (excludes halogenated alkanes) is 2. The molecule has 1 rings (SSSR count). The zero-order valence-electron chi connectivity index (χ0n) is 14.6. The van der Waals surface area contributed by atoms with Gasteiger partial charge in [-0.3, -0.25) is 4.79 Å². The number of nitriles is 1. The van der Waals surface area contributed by atoms with Crippen LogP contribution >= 0.6 is 0 Å². The van der Waals surface area contributed by atoms with Gasteiger partial charge in [0.25, 0.3) is 0 Å². The van der Waals surface area contributed by atoms with Crippen LogP contribution in [0.2, 0.25) is 0 Å². The van der Waals surface area contributed by atoms with Crippen LogP contribution in [0.3, 0.4) is 0 Å². The van der Waals surface area contributed by atoms with E-state index in [9.17, 15) is 10.1 Å². The van der Waals surface area contributed by atoms with E-state index >= 15 is 0 Å².